The lowest BCUT2D eigenvalue weighted by molar-refractivity contribution is -0.254. The molecule has 10 heteroatoms. The number of aliphatic carboxylic acids is 1. The molecule has 0 heterocycles. The van der Waals surface area contributed by atoms with Crippen LogP contribution in [0.15, 0.2) is 12.1 Å². The van der Waals surface area contributed by atoms with Gasteiger partial charge in [0.15, 0.2) is 5.41 Å². The average Bonchev–Trinajstić information content (AvgIpc) is 2.46. The molecule has 0 bridgehead atoms. The maximum atomic E-state index is 13.5. The average molecular weight is 696 g/mol. The van der Waals surface area contributed by atoms with Crippen LogP contribution < -0.4 is 0 Å². The van der Waals surface area contributed by atoms with E-state index in [1.807, 2.05) is 67.8 Å². The molecule has 25 heavy (non-hydrogen) atoms. The molecule has 0 spiro atoms. The van der Waals surface area contributed by atoms with E-state index in [2.05, 4.69) is 0 Å². The Morgan fingerprint density at radius 2 is 1.60 bits per heavy atom. The normalized spacial score (nSPS) is 15.6. The molecule has 0 amide bonds. The van der Waals surface area contributed by atoms with Gasteiger partial charge in [0.1, 0.15) is 6.10 Å². The summed E-state index contributed by atoms with van der Waals surface area (Å²) in [7, 11) is 0. The van der Waals surface area contributed by atoms with Gasteiger partial charge in [-0.05, 0) is 92.7 Å². The molecule has 0 aliphatic heterocycles. The van der Waals surface area contributed by atoms with E-state index in [4.69, 9.17) is 4.74 Å². The highest BCUT2D eigenvalue weighted by atomic mass is 127. The molecule has 0 aromatic heterocycles. The third-order valence-corrected chi connectivity index (χ3v) is 7.64. The van der Waals surface area contributed by atoms with Crippen LogP contribution in [0.4, 0.5) is 13.2 Å². The fourth-order valence-corrected chi connectivity index (χ4v) is 4.54. The number of carbonyl (C=O) groups is 2. The van der Waals surface area contributed by atoms with Crippen molar-refractivity contribution >= 4 is 79.7 Å². The van der Waals surface area contributed by atoms with Gasteiger partial charge in [-0.3, -0.25) is 4.79 Å². The number of esters is 1. The standard InChI is InChI=1S/C15H14F3I3O4/c1-6(2)11(14(3,13(23)24)15(16,17)18)25-12(22)9-7(19)4-5-8(20)10(9)21/h4-6,11H,1-3H3,(H,23,24). The monoisotopic (exact) mass is 696 g/mol. The van der Waals surface area contributed by atoms with Crippen molar-refractivity contribution < 1.29 is 32.6 Å². The Labute approximate surface area is 183 Å². The fraction of sp³-hybridized carbons (Fsp3) is 0.467. The highest BCUT2D eigenvalue weighted by molar-refractivity contribution is 14.1. The Morgan fingerprint density at radius 1 is 1.12 bits per heavy atom. The summed E-state index contributed by atoms with van der Waals surface area (Å²) in [5.41, 5.74) is -3.08. The van der Waals surface area contributed by atoms with Crippen molar-refractivity contribution in [3.05, 3.63) is 28.4 Å². The smallest absolute Gasteiger partial charge is 0.408 e. The number of rotatable bonds is 5. The largest absolute Gasteiger partial charge is 0.480 e. The summed E-state index contributed by atoms with van der Waals surface area (Å²) in [4.78, 5) is 24.0. The van der Waals surface area contributed by atoms with Crippen LogP contribution in [-0.4, -0.2) is 29.3 Å². The molecule has 0 aliphatic carbocycles. The first kappa shape index (κ1) is 23.2. The molecule has 1 N–H and O–H groups in total. The minimum atomic E-state index is -5.08. The lowest BCUT2D eigenvalue weighted by atomic mass is 9.78. The number of halogens is 6. The van der Waals surface area contributed by atoms with E-state index in [-0.39, 0.29) is 5.56 Å². The van der Waals surface area contributed by atoms with E-state index in [0.29, 0.717) is 14.1 Å². The molecule has 0 aliphatic rings. The lowest BCUT2D eigenvalue weighted by Gasteiger charge is -2.37. The maximum absolute atomic E-state index is 13.5. The lowest BCUT2D eigenvalue weighted by Crippen LogP contribution is -2.54. The van der Waals surface area contributed by atoms with E-state index in [1.54, 1.807) is 12.1 Å². The van der Waals surface area contributed by atoms with Crippen molar-refractivity contribution in [1.82, 2.24) is 0 Å². The van der Waals surface area contributed by atoms with Gasteiger partial charge < -0.3 is 9.84 Å². The quantitative estimate of drug-likeness (QED) is 0.257. The number of carboxylic acids is 1. The molecule has 0 saturated heterocycles. The Morgan fingerprint density at radius 3 is 2.00 bits per heavy atom. The van der Waals surface area contributed by atoms with Gasteiger partial charge >= 0.3 is 18.1 Å². The Balaban J connectivity index is 3.39. The zero-order valence-corrected chi connectivity index (χ0v) is 19.7. The minimum absolute atomic E-state index is 0.133. The molecule has 0 saturated carbocycles. The zero-order valence-electron chi connectivity index (χ0n) is 13.2. The molecule has 140 valence electrons. The highest BCUT2D eigenvalue weighted by Crippen LogP contribution is 2.45. The topological polar surface area (TPSA) is 63.6 Å². The molecule has 2 unspecified atom stereocenters. The van der Waals surface area contributed by atoms with Gasteiger partial charge in [-0.15, -0.1) is 0 Å². The van der Waals surface area contributed by atoms with E-state index in [9.17, 15) is 27.9 Å². The van der Waals surface area contributed by atoms with Crippen molar-refractivity contribution in [2.24, 2.45) is 11.3 Å². The molecule has 4 nitrogen and oxygen atoms in total. The van der Waals surface area contributed by atoms with Crippen molar-refractivity contribution in [3.8, 4) is 0 Å². The summed E-state index contributed by atoms with van der Waals surface area (Å²) in [6.45, 7) is 3.31. The minimum Gasteiger partial charge on any atom is -0.480 e. The number of alkyl halides is 3. The van der Waals surface area contributed by atoms with Gasteiger partial charge in [0.25, 0.3) is 0 Å². The second kappa shape index (κ2) is 8.44. The SMILES string of the molecule is CC(C)C(OC(=O)c1c(I)ccc(I)c1I)C(C)(C(=O)O)C(F)(F)F. The van der Waals surface area contributed by atoms with E-state index >= 15 is 0 Å². The summed E-state index contributed by atoms with van der Waals surface area (Å²) in [5, 5.41) is 9.21. The van der Waals surface area contributed by atoms with Gasteiger partial charge in [0, 0.05) is 10.7 Å². The zero-order chi connectivity index (χ0) is 19.7. The number of hydrogen-bond donors (Lipinski definition) is 1. The molecule has 1 aromatic carbocycles. The predicted molar refractivity (Wildman–Crippen MR) is 110 cm³/mol. The number of hydrogen-bond acceptors (Lipinski definition) is 3. The Kier molecular flexibility index (Phi) is 7.82. The second-order valence-electron chi connectivity index (χ2n) is 5.79. The molecule has 0 fully saturated rings. The van der Waals surface area contributed by atoms with Gasteiger partial charge in [-0.25, -0.2) is 4.79 Å². The first-order valence-corrected chi connectivity index (χ1v) is 10.1. The van der Waals surface area contributed by atoms with Crippen LogP contribution in [0.1, 0.15) is 31.1 Å². The van der Waals surface area contributed by atoms with E-state index < -0.39 is 35.6 Å². The number of carboxylic acid groups (broad SMARTS) is 1. The van der Waals surface area contributed by atoms with Crippen LogP contribution in [-0.2, 0) is 9.53 Å². The summed E-state index contributed by atoms with van der Waals surface area (Å²) in [6, 6.07) is 3.41. The van der Waals surface area contributed by atoms with Crippen LogP contribution in [0.25, 0.3) is 0 Å². The van der Waals surface area contributed by atoms with Gasteiger partial charge in [0.2, 0.25) is 0 Å². The van der Waals surface area contributed by atoms with E-state index in [1.165, 1.54) is 13.8 Å². The number of ether oxygens (including phenoxy) is 1. The molecule has 2 atom stereocenters. The molecule has 0 radical (unpaired) electrons. The summed E-state index contributed by atoms with van der Waals surface area (Å²) >= 11 is 5.79. The van der Waals surface area contributed by atoms with Crippen LogP contribution in [0.2, 0.25) is 0 Å². The second-order valence-corrected chi connectivity index (χ2v) is 9.20. The van der Waals surface area contributed by atoms with Crippen LogP contribution in [0, 0.1) is 22.0 Å². The number of benzene rings is 1. The number of carbonyl (C=O) groups excluding carboxylic acids is 1. The highest BCUT2D eigenvalue weighted by Gasteiger charge is 2.64. The summed E-state index contributed by atoms with van der Waals surface area (Å²) in [5.74, 6) is -3.91. The van der Waals surface area contributed by atoms with Crippen LogP contribution >= 0.6 is 67.8 Å². The Bertz CT molecular complexity index is 691. The van der Waals surface area contributed by atoms with E-state index in [0.717, 1.165) is 3.57 Å². The first-order valence-electron chi connectivity index (χ1n) is 6.89. The molecule has 1 aromatic rings. The van der Waals surface area contributed by atoms with Gasteiger partial charge in [-0.2, -0.15) is 13.2 Å². The Hall–Kier alpha value is 0.140. The van der Waals surface area contributed by atoms with Gasteiger partial charge in [0.05, 0.1) is 5.56 Å². The fourth-order valence-electron chi connectivity index (χ4n) is 2.21. The molecule has 1 rings (SSSR count). The molecular weight excluding hydrogens is 682 g/mol. The molecular formula is C15H14F3I3O4. The van der Waals surface area contributed by atoms with Crippen molar-refractivity contribution in [2.75, 3.05) is 0 Å². The maximum Gasteiger partial charge on any atom is 0.408 e. The van der Waals surface area contributed by atoms with Crippen molar-refractivity contribution in [2.45, 2.75) is 33.1 Å². The summed E-state index contributed by atoms with van der Waals surface area (Å²) in [6.07, 6.45) is -6.96. The van der Waals surface area contributed by atoms with Gasteiger partial charge in [-0.1, -0.05) is 13.8 Å². The van der Waals surface area contributed by atoms with Crippen molar-refractivity contribution in [3.63, 3.8) is 0 Å². The van der Waals surface area contributed by atoms with Crippen LogP contribution in [0.5, 0.6) is 0 Å². The predicted octanol–water partition coefficient (Wildman–Crippen LogP) is 5.34. The van der Waals surface area contributed by atoms with Crippen molar-refractivity contribution in [1.29, 1.82) is 0 Å². The first-order chi connectivity index (χ1) is 11.2. The third-order valence-electron chi connectivity index (χ3n) is 3.69. The van der Waals surface area contributed by atoms with Crippen LogP contribution in [0.3, 0.4) is 0 Å². The third kappa shape index (κ3) is 4.71. The summed E-state index contributed by atoms with van der Waals surface area (Å²) < 4.78 is 47.3.